The van der Waals surface area contributed by atoms with Crippen LogP contribution in [-0.2, 0) is 9.36 Å². The molecule has 0 aromatic carbocycles. The van der Waals surface area contributed by atoms with Gasteiger partial charge in [0, 0.05) is 0 Å². The number of aliphatic hydroxyl groups is 2. The topological polar surface area (TPSA) is 144 Å². The summed E-state index contributed by atoms with van der Waals surface area (Å²) in [7, 11) is -5.39. The van der Waals surface area contributed by atoms with Crippen molar-refractivity contribution >= 4 is 13.6 Å². The molecule has 0 spiro atoms. The second-order valence-corrected chi connectivity index (χ2v) is 2.33. The summed E-state index contributed by atoms with van der Waals surface area (Å²) in [6.45, 7) is 1.10. The molecule has 0 bridgehead atoms. The number of Topliss-reactive ketones (excluding diaryl/α,β-unsaturated/α-hetero) is 1. The second-order valence-electron chi connectivity index (χ2n) is 1.43. The number of ketones is 1. The molecule has 0 fully saturated rings. The van der Waals surface area contributed by atoms with Crippen LogP contribution < -0.4 is 71.3 Å². The molecular formula is C3H6Li3O7P. The van der Waals surface area contributed by atoms with Crippen molar-refractivity contribution in [2.45, 2.75) is 13.2 Å². The SMILES string of the molecule is CC(=O)C(O)O.O=P([O-])([O-])[O-].[Li+].[Li+].[Li+]. The number of carbonyl (C=O) groups is 1. The van der Waals surface area contributed by atoms with Crippen molar-refractivity contribution in [1.29, 1.82) is 0 Å². The molecule has 0 heterocycles. The minimum Gasteiger partial charge on any atom is -0.822 e. The first-order valence-corrected chi connectivity index (χ1v) is 3.70. The van der Waals surface area contributed by atoms with E-state index in [2.05, 4.69) is 0 Å². The molecule has 0 rings (SSSR count). The second kappa shape index (κ2) is 14.5. The van der Waals surface area contributed by atoms with E-state index in [9.17, 15) is 4.79 Å². The summed E-state index contributed by atoms with van der Waals surface area (Å²) in [6.07, 6.45) is -1.79. The van der Waals surface area contributed by atoms with Crippen LogP contribution in [0.2, 0.25) is 0 Å². The minimum atomic E-state index is -5.39. The predicted molar refractivity (Wildman–Crippen MR) is 26.5 cm³/mol. The Hall–Kier alpha value is 1.49. The molecule has 0 saturated heterocycles. The quantitative estimate of drug-likeness (QED) is 0.246. The van der Waals surface area contributed by atoms with E-state index in [1.165, 1.54) is 0 Å². The van der Waals surface area contributed by atoms with Crippen molar-refractivity contribution < 1.29 is 90.8 Å². The molecule has 0 aliphatic carbocycles. The monoisotopic (exact) mass is 206 g/mol. The molecule has 0 unspecified atom stereocenters. The van der Waals surface area contributed by atoms with Gasteiger partial charge in [0.2, 0.25) is 6.29 Å². The van der Waals surface area contributed by atoms with Gasteiger partial charge in [-0.05, 0) is 6.92 Å². The van der Waals surface area contributed by atoms with Crippen molar-refractivity contribution in [3.8, 4) is 0 Å². The summed E-state index contributed by atoms with van der Waals surface area (Å²) in [4.78, 5) is 35.3. The number of hydrogen-bond donors (Lipinski definition) is 2. The summed E-state index contributed by atoms with van der Waals surface area (Å²) in [5, 5.41) is 15.7. The van der Waals surface area contributed by atoms with E-state index in [1.807, 2.05) is 0 Å². The molecule has 7 nitrogen and oxygen atoms in total. The van der Waals surface area contributed by atoms with Crippen molar-refractivity contribution in [3.05, 3.63) is 0 Å². The van der Waals surface area contributed by atoms with Crippen LogP contribution in [0.1, 0.15) is 6.92 Å². The molecular weight excluding hydrogens is 200 g/mol. The van der Waals surface area contributed by atoms with Crippen molar-refractivity contribution in [1.82, 2.24) is 0 Å². The van der Waals surface area contributed by atoms with E-state index in [0.29, 0.717) is 0 Å². The Labute approximate surface area is 117 Å². The van der Waals surface area contributed by atoms with Gasteiger partial charge in [-0.3, -0.25) is 4.79 Å². The summed E-state index contributed by atoms with van der Waals surface area (Å²) >= 11 is 0. The van der Waals surface area contributed by atoms with Gasteiger partial charge in [0.1, 0.15) is 0 Å². The fourth-order valence-electron chi connectivity index (χ4n) is 0. The van der Waals surface area contributed by atoms with Gasteiger partial charge >= 0.3 is 56.6 Å². The van der Waals surface area contributed by atoms with Crippen LogP contribution in [0, 0.1) is 0 Å². The average Bonchev–Trinajstić information content (AvgIpc) is 1.59. The van der Waals surface area contributed by atoms with E-state index >= 15 is 0 Å². The molecule has 0 atom stereocenters. The molecule has 0 aromatic heterocycles. The van der Waals surface area contributed by atoms with E-state index in [1.54, 1.807) is 0 Å². The van der Waals surface area contributed by atoms with Gasteiger partial charge in [-0.25, -0.2) is 0 Å². The van der Waals surface area contributed by atoms with Gasteiger partial charge in [0.05, 0.1) is 0 Å². The number of hydrogen-bond acceptors (Lipinski definition) is 7. The zero-order valence-electron chi connectivity index (χ0n) is 8.46. The number of phosphoric acid groups is 1. The Morgan fingerprint density at radius 3 is 1.21 bits per heavy atom. The van der Waals surface area contributed by atoms with Gasteiger partial charge in [0.15, 0.2) is 5.78 Å². The number of aliphatic hydroxyl groups excluding tert-OH is 1. The summed E-state index contributed by atoms with van der Waals surface area (Å²) in [6, 6.07) is 0. The standard InChI is InChI=1S/C3H6O3.3Li.H3O4P/c1-2(4)3(5)6;;;;1-5(2,3)4/h3,5-6H,1H3;;;;(H3,1,2,3,4)/q;3*+1;/p-3. The van der Waals surface area contributed by atoms with E-state index in [-0.39, 0.29) is 56.6 Å². The minimum absolute atomic E-state index is 0. The van der Waals surface area contributed by atoms with Crippen LogP contribution >= 0.6 is 7.82 Å². The Kier molecular flexibility index (Phi) is 30.6. The first-order chi connectivity index (χ1) is 4.64. The van der Waals surface area contributed by atoms with E-state index in [4.69, 9.17) is 29.5 Å². The van der Waals surface area contributed by atoms with E-state index in [0.717, 1.165) is 6.92 Å². The molecule has 0 aliphatic rings. The molecule has 0 saturated carbocycles. The molecule has 0 radical (unpaired) electrons. The Bertz CT molecular complexity index is 159. The first-order valence-electron chi connectivity index (χ1n) is 2.24. The fourth-order valence-corrected chi connectivity index (χ4v) is 0. The third kappa shape index (κ3) is 69.8. The molecule has 0 amide bonds. The van der Waals surface area contributed by atoms with Gasteiger partial charge in [-0.2, -0.15) is 7.82 Å². The maximum Gasteiger partial charge on any atom is 1.00 e. The zero-order chi connectivity index (χ0) is 9.65. The summed E-state index contributed by atoms with van der Waals surface area (Å²) in [5.74, 6) is -0.630. The fraction of sp³-hybridized carbons (Fsp3) is 0.667. The summed E-state index contributed by atoms with van der Waals surface area (Å²) in [5.41, 5.74) is 0. The van der Waals surface area contributed by atoms with Gasteiger partial charge < -0.3 is 29.5 Å². The van der Waals surface area contributed by atoms with Crippen LogP contribution in [0.25, 0.3) is 0 Å². The zero-order valence-corrected chi connectivity index (χ0v) is 9.35. The number of rotatable bonds is 1. The van der Waals surface area contributed by atoms with Crippen molar-refractivity contribution in [2.75, 3.05) is 0 Å². The molecule has 14 heavy (non-hydrogen) atoms. The smallest absolute Gasteiger partial charge is 0.822 e. The molecule has 0 aromatic rings. The molecule has 68 valence electrons. The Balaban J connectivity index is -0.0000000321. The van der Waals surface area contributed by atoms with Crippen molar-refractivity contribution in [3.63, 3.8) is 0 Å². The first kappa shape index (κ1) is 29.6. The summed E-state index contributed by atoms with van der Waals surface area (Å²) < 4.78 is 8.55. The normalized spacial score (nSPS) is 8.21. The molecule has 0 aliphatic heterocycles. The van der Waals surface area contributed by atoms with E-state index < -0.39 is 19.9 Å². The number of carbonyl (C=O) groups excluding carboxylic acids is 1. The average molecular weight is 206 g/mol. The van der Waals surface area contributed by atoms with Gasteiger partial charge in [-0.1, -0.05) is 0 Å². The predicted octanol–water partition coefficient (Wildman–Crippen LogP) is -12.9. The molecule has 11 heteroatoms. The van der Waals surface area contributed by atoms with Crippen LogP contribution in [-0.4, -0.2) is 22.3 Å². The van der Waals surface area contributed by atoms with Crippen LogP contribution in [0.5, 0.6) is 0 Å². The third-order valence-electron chi connectivity index (χ3n) is 0.364. The van der Waals surface area contributed by atoms with Crippen LogP contribution in [0.3, 0.4) is 0 Å². The van der Waals surface area contributed by atoms with Crippen molar-refractivity contribution in [2.24, 2.45) is 0 Å². The Morgan fingerprint density at radius 2 is 1.21 bits per heavy atom. The van der Waals surface area contributed by atoms with Crippen LogP contribution in [0.15, 0.2) is 0 Å². The Morgan fingerprint density at radius 1 is 1.14 bits per heavy atom. The van der Waals surface area contributed by atoms with Gasteiger partial charge in [-0.15, -0.1) is 0 Å². The largest absolute Gasteiger partial charge is 1.00 e. The maximum absolute atomic E-state index is 9.64. The maximum atomic E-state index is 9.64. The van der Waals surface area contributed by atoms with Crippen LogP contribution in [0.4, 0.5) is 0 Å². The van der Waals surface area contributed by atoms with Gasteiger partial charge in [0.25, 0.3) is 0 Å². The molecule has 2 N–H and O–H groups in total. The third-order valence-corrected chi connectivity index (χ3v) is 0.364.